The van der Waals surface area contributed by atoms with Crippen LogP contribution in [-0.2, 0) is 0 Å². The van der Waals surface area contributed by atoms with Crippen molar-refractivity contribution in [3.8, 4) is 0 Å². The monoisotopic (exact) mass is 112 g/mol. The minimum absolute atomic E-state index is 0. The number of hydrogen-bond donors (Lipinski definition) is 2. The Labute approximate surface area is 60.2 Å². The van der Waals surface area contributed by atoms with E-state index >= 15 is 0 Å². The number of halogens is 1. The van der Waals surface area contributed by atoms with E-state index in [2.05, 4.69) is 0 Å². The summed E-state index contributed by atoms with van der Waals surface area (Å²) in [6.45, 7) is 0. The fraction of sp³-hybridized carbons (Fsp3) is 0. The van der Waals surface area contributed by atoms with E-state index in [1.807, 2.05) is 0 Å². The van der Waals surface area contributed by atoms with Crippen LogP contribution in [0, 0.1) is 0 Å². The number of rotatable bonds is 0. The van der Waals surface area contributed by atoms with Crippen molar-refractivity contribution in [2.24, 2.45) is 0 Å². The van der Waals surface area contributed by atoms with Crippen molar-refractivity contribution in [2.75, 3.05) is 0 Å². The molecule has 0 saturated heterocycles. The van der Waals surface area contributed by atoms with Gasteiger partial charge in [-0.3, -0.25) is 10.5 Å². The maximum absolute atomic E-state index is 6.00. The normalized spacial score (nSPS) is 1.50. The van der Waals surface area contributed by atoms with Gasteiger partial charge in [0.1, 0.15) is 0 Å². The van der Waals surface area contributed by atoms with E-state index in [0.717, 1.165) is 0 Å². The van der Waals surface area contributed by atoms with Crippen LogP contribution in [0.15, 0.2) is 0 Å². The van der Waals surface area contributed by atoms with Gasteiger partial charge in [0.15, 0.2) is 0 Å². The van der Waals surface area contributed by atoms with Gasteiger partial charge in [-0.2, -0.15) is 0 Å². The summed E-state index contributed by atoms with van der Waals surface area (Å²) in [6.07, 6.45) is 0. The summed E-state index contributed by atoms with van der Waals surface area (Å²) in [5.41, 5.74) is 0. The van der Waals surface area contributed by atoms with Crippen LogP contribution in [0.25, 0.3) is 0 Å². The molecule has 0 aromatic rings. The molecule has 4 heavy (non-hydrogen) atoms. The molecule has 26 valence electrons. The van der Waals surface area contributed by atoms with Gasteiger partial charge in [-0.05, 0) is 0 Å². The van der Waals surface area contributed by atoms with E-state index in [1.54, 1.807) is 0 Å². The van der Waals surface area contributed by atoms with Crippen molar-refractivity contribution in [1.82, 2.24) is 0 Å². The number of hydrogen-bond acceptors (Lipinski definition) is 2. The molecule has 0 fully saturated rings. The molecule has 0 saturated carbocycles. The Morgan fingerprint density at radius 1 is 1.00 bits per heavy atom. The van der Waals surface area contributed by atoms with Gasteiger partial charge in [-0.1, -0.05) is 0 Å². The molecule has 0 aliphatic heterocycles. The molecule has 0 bridgehead atoms. The summed E-state index contributed by atoms with van der Waals surface area (Å²) in [6, 6.07) is 0. The summed E-state index contributed by atoms with van der Waals surface area (Å²) < 4.78 is 0. The molecule has 0 aromatic carbocycles. The first-order valence-corrected chi connectivity index (χ1v) is 0.200. The van der Waals surface area contributed by atoms with Crippen LogP contribution in [0.2, 0.25) is 0 Å². The molecule has 0 heterocycles. The van der Waals surface area contributed by atoms with E-state index in [-0.39, 0.29) is 50.1 Å². The van der Waals surface area contributed by atoms with Crippen LogP contribution in [-0.4, -0.2) is 48.3 Å². The van der Waals surface area contributed by atoms with Crippen molar-refractivity contribution >= 4 is 50.1 Å². The van der Waals surface area contributed by atoms with Crippen LogP contribution in [0.1, 0.15) is 0 Å². The molecule has 0 atom stereocenters. The zero-order valence-electron chi connectivity index (χ0n) is 1.30. The van der Waals surface area contributed by atoms with Crippen molar-refractivity contribution in [2.45, 2.75) is 0 Å². The topological polar surface area (TPSA) is 40.5 Å². The van der Waals surface area contributed by atoms with Gasteiger partial charge < -0.3 is 0 Å². The molecule has 0 aliphatic carbocycles. The zero-order valence-corrected chi connectivity index (χ0v) is 2.12. The Morgan fingerprint density at radius 3 is 1.00 bits per heavy atom. The third kappa shape index (κ3) is 9.80. The molecule has 2 nitrogen and oxygen atoms in total. The van der Waals surface area contributed by atoms with E-state index < -0.39 is 0 Å². The fourth-order valence-electron chi connectivity index (χ4n) is 0. The molecule has 0 aromatic heterocycles. The van der Waals surface area contributed by atoms with Gasteiger partial charge in [0.2, 0.25) is 0 Å². The van der Waals surface area contributed by atoms with Crippen molar-refractivity contribution < 1.29 is 10.5 Å². The third-order valence-electron chi connectivity index (χ3n) is 0. The van der Waals surface area contributed by atoms with E-state index in [1.165, 1.54) is 0 Å². The molecule has 0 radical (unpaired) electrons. The standard InChI is InChI=1S/Ca.ClH.H2O2.2H/c;;1-2;;/h;1H;1-2H;;. The Balaban J connectivity index is -0.00000000500. The molecular weight excluding hydrogens is 108 g/mol. The maximum atomic E-state index is 6.00. The molecule has 0 rings (SSSR count). The second-order valence-electron chi connectivity index (χ2n) is 0. The predicted molar refractivity (Wildman–Crippen MR) is 21.0 cm³/mol. The fourth-order valence-corrected chi connectivity index (χ4v) is 0. The van der Waals surface area contributed by atoms with E-state index in [4.69, 9.17) is 10.5 Å². The van der Waals surface area contributed by atoms with Crippen LogP contribution in [0.3, 0.4) is 0 Å². The van der Waals surface area contributed by atoms with Gasteiger partial charge in [0.25, 0.3) is 0 Å². The van der Waals surface area contributed by atoms with Crippen LogP contribution >= 0.6 is 12.4 Å². The van der Waals surface area contributed by atoms with E-state index in [0.29, 0.717) is 0 Å². The Kier molecular flexibility index (Phi) is 112. The molecule has 0 spiro atoms. The van der Waals surface area contributed by atoms with Crippen LogP contribution in [0.4, 0.5) is 0 Å². The zero-order chi connectivity index (χ0) is 2.00. The first-order valence-electron chi connectivity index (χ1n) is 0.200. The van der Waals surface area contributed by atoms with Crippen LogP contribution in [0.5, 0.6) is 0 Å². The third-order valence-corrected chi connectivity index (χ3v) is 0. The van der Waals surface area contributed by atoms with Gasteiger partial charge in [0, 0.05) is 0 Å². The second kappa shape index (κ2) is 24.9. The average Bonchev–Trinajstić information content (AvgIpc) is 1.00. The minimum atomic E-state index is 0. The van der Waals surface area contributed by atoms with Crippen molar-refractivity contribution in [1.29, 1.82) is 0 Å². The van der Waals surface area contributed by atoms with Gasteiger partial charge >= 0.3 is 37.7 Å². The average molecular weight is 113 g/mol. The molecule has 2 N–H and O–H groups in total. The quantitative estimate of drug-likeness (QED) is 0.253. The Bertz CT molecular complexity index is 6.00. The van der Waals surface area contributed by atoms with Gasteiger partial charge in [0.05, 0.1) is 0 Å². The molecule has 0 aliphatic rings. The van der Waals surface area contributed by atoms with E-state index in [9.17, 15) is 0 Å². The molecule has 4 heteroatoms. The Hall–Kier alpha value is 1.47. The SMILES string of the molecule is Cl.OO.[CaH2]. The van der Waals surface area contributed by atoms with Gasteiger partial charge in [-0.15, -0.1) is 12.4 Å². The summed E-state index contributed by atoms with van der Waals surface area (Å²) >= 11 is 0. The second-order valence-corrected chi connectivity index (χ2v) is 0. The van der Waals surface area contributed by atoms with Crippen molar-refractivity contribution in [3.05, 3.63) is 0 Å². The summed E-state index contributed by atoms with van der Waals surface area (Å²) in [5.74, 6) is 0. The van der Waals surface area contributed by atoms with Crippen LogP contribution < -0.4 is 0 Å². The molecular formula is H5CaClO2. The predicted octanol–water partition coefficient (Wildman–Crippen LogP) is -0.477. The summed E-state index contributed by atoms with van der Waals surface area (Å²) in [7, 11) is 0. The molecule has 0 unspecified atom stereocenters. The van der Waals surface area contributed by atoms with Gasteiger partial charge in [-0.25, -0.2) is 0 Å². The first-order chi connectivity index (χ1) is 1.00. The summed E-state index contributed by atoms with van der Waals surface area (Å²) in [4.78, 5) is 0. The Morgan fingerprint density at radius 2 is 1.00 bits per heavy atom. The molecule has 0 amide bonds. The summed E-state index contributed by atoms with van der Waals surface area (Å²) in [5, 5.41) is 12.0. The van der Waals surface area contributed by atoms with Crippen molar-refractivity contribution in [3.63, 3.8) is 0 Å². The first kappa shape index (κ1) is 17.9.